The number of nitrogens with one attached hydrogen (secondary N) is 1. The molecule has 0 fully saturated rings. The van der Waals surface area contributed by atoms with E-state index in [9.17, 15) is 9.59 Å². The number of ether oxygens (including phenoxy) is 1. The van der Waals surface area contributed by atoms with Crippen molar-refractivity contribution in [3.63, 3.8) is 0 Å². The number of carbonyl (C=O) groups excluding carboxylic acids is 2. The standard InChI is InChI=1S/C28H31ClN2O3S/c1-30-28(33)26(19-21-8-4-3-5-9-21)31(20-22-10-6-11-24(18-22)34-2)27(32)12-7-17-35-25-15-13-23(29)14-16-25/h3-6,8-11,13-16,18,26H,7,12,17,19-20H2,1-2H3,(H,30,33). The van der Waals surface area contributed by atoms with Crippen LogP contribution >= 0.6 is 23.4 Å². The molecule has 2 amide bonds. The molecule has 0 saturated carbocycles. The van der Waals surface area contributed by atoms with Gasteiger partial charge in [-0.1, -0.05) is 54.1 Å². The Bertz CT molecular complexity index is 1090. The van der Waals surface area contributed by atoms with Crippen molar-refractivity contribution in [1.29, 1.82) is 0 Å². The molecule has 0 aliphatic carbocycles. The van der Waals surface area contributed by atoms with Gasteiger partial charge in [0, 0.05) is 36.4 Å². The lowest BCUT2D eigenvalue weighted by Gasteiger charge is -2.31. The summed E-state index contributed by atoms with van der Waals surface area (Å²) in [6.45, 7) is 0.325. The van der Waals surface area contributed by atoms with Crippen LogP contribution in [0.2, 0.25) is 5.02 Å². The summed E-state index contributed by atoms with van der Waals surface area (Å²) >= 11 is 7.65. The largest absolute Gasteiger partial charge is 0.497 e. The van der Waals surface area contributed by atoms with E-state index in [4.69, 9.17) is 16.3 Å². The van der Waals surface area contributed by atoms with E-state index in [0.29, 0.717) is 36.6 Å². The minimum Gasteiger partial charge on any atom is -0.497 e. The number of amides is 2. The maximum atomic E-state index is 13.5. The van der Waals surface area contributed by atoms with E-state index < -0.39 is 6.04 Å². The number of rotatable bonds is 12. The SMILES string of the molecule is CNC(=O)C(Cc1ccccc1)N(Cc1cccc(OC)c1)C(=O)CCCSc1ccc(Cl)cc1. The highest BCUT2D eigenvalue weighted by Gasteiger charge is 2.29. The first-order chi connectivity index (χ1) is 17.0. The molecule has 0 saturated heterocycles. The maximum Gasteiger partial charge on any atom is 0.242 e. The molecule has 0 spiro atoms. The first kappa shape index (κ1) is 26.6. The van der Waals surface area contributed by atoms with E-state index in [1.807, 2.05) is 78.9 Å². The first-order valence-corrected chi connectivity index (χ1v) is 12.9. The van der Waals surface area contributed by atoms with Gasteiger partial charge in [-0.3, -0.25) is 9.59 Å². The van der Waals surface area contributed by atoms with Crippen LogP contribution in [-0.4, -0.2) is 42.7 Å². The molecule has 0 heterocycles. The molecule has 0 aliphatic rings. The fourth-order valence-electron chi connectivity index (χ4n) is 3.78. The Hall–Kier alpha value is -2.96. The number of nitrogens with zero attached hydrogens (tertiary/aromatic N) is 1. The molecule has 7 heteroatoms. The summed E-state index contributed by atoms with van der Waals surface area (Å²) in [4.78, 5) is 29.3. The number of thioether (sulfide) groups is 1. The molecule has 3 aromatic rings. The van der Waals surface area contributed by atoms with Crippen LogP contribution in [0, 0.1) is 0 Å². The van der Waals surface area contributed by atoms with Crippen molar-refractivity contribution < 1.29 is 14.3 Å². The average molecular weight is 511 g/mol. The van der Waals surface area contributed by atoms with Crippen LogP contribution in [0.3, 0.4) is 0 Å². The Morgan fingerprint density at radius 3 is 2.40 bits per heavy atom. The van der Waals surface area contributed by atoms with Crippen LogP contribution in [0.15, 0.2) is 83.8 Å². The molecule has 1 unspecified atom stereocenters. The van der Waals surface area contributed by atoms with Gasteiger partial charge in [-0.25, -0.2) is 0 Å². The monoisotopic (exact) mass is 510 g/mol. The third kappa shape index (κ3) is 8.34. The molecule has 3 rings (SSSR count). The summed E-state index contributed by atoms with van der Waals surface area (Å²) in [5, 5.41) is 3.45. The second kappa shape index (κ2) is 13.8. The Morgan fingerprint density at radius 2 is 1.71 bits per heavy atom. The zero-order valence-corrected chi connectivity index (χ0v) is 21.6. The number of hydrogen-bond donors (Lipinski definition) is 1. The second-order valence-electron chi connectivity index (χ2n) is 8.10. The molecule has 5 nitrogen and oxygen atoms in total. The van der Waals surface area contributed by atoms with Gasteiger partial charge in [0.25, 0.3) is 0 Å². The molecule has 0 bridgehead atoms. The topological polar surface area (TPSA) is 58.6 Å². The molecule has 35 heavy (non-hydrogen) atoms. The van der Waals surface area contributed by atoms with Crippen LogP contribution < -0.4 is 10.1 Å². The minimum absolute atomic E-state index is 0.0472. The second-order valence-corrected chi connectivity index (χ2v) is 9.70. The van der Waals surface area contributed by atoms with Crippen molar-refractivity contribution in [1.82, 2.24) is 10.2 Å². The number of methoxy groups -OCH3 is 1. The van der Waals surface area contributed by atoms with E-state index in [-0.39, 0.29) is 11.8 Å². The van der Waals surface area contributed by atoms with Crippen molar-refractivity contribution in [3.8, 4) is 5.75 Å². The lowest BCUT2D eigenvalue weighted by atomic mass is 10.0. The molecular formula is C28H31ClN2O3S. The quantitative estimate of drug-likeness (QED) is 0.254. The van der Waals surface area contributed by atoms with E-state index in [0.717, 1.165) is 21.8 Å². The Labute approximate surface area is 216 Å². The van der Waals surface area contributed by atoms with E-state index in [1.165, 1.54) is 0 Å². The normalized spacial score (nSPS) is 11.5. The summed E-state index contributed by atoms with van der Waals surface area (Å²) in [5.74, 6) is 1.28. The van der Waals surface area contributed by atoms with Crippen LogP contribution in [0.5, 0.6) is 5.75 Å². The van der Waals surface area contributed by atoms with E-state index in [2.05, 4.69) is 5.32 Å². The van der Waals surface area contributed by atoms with Crippen molar-refractivity contribution in [2.75, 3.05) is 19.9 Å². The molecule has 0 aromatic heterocycles. The molecule has 3 aromatic carbocycles. The van der Waals surface area contributed by atoms with Crippen molar-refractivity contribution >= 4 is 35.2 Å². The van der Waals surface area contributed by atoms with Gasteiger partial charge in [0.05, 0.1) is 7.11 Å². The zero-order valence-electron chi connectivity index (χ0n) is 20.1. The lowest BCUT2D eigenvalue weighted by molar-refractivity contribution is -0.141. The van der Waals surface area contributed by atoms with Gasteiger partial charge in [-0.2, -0.15) is 0 Å². The van der Waals surface area contributed by atoms with E-state index in [1.54, 1.807) is 30.8 Å². The summed E-state index contributed by atoms with van der Waals surface area (Å²) in [6, 6.07) is 24.5. The fraction of sp³-hybridized carbons (Fsp3) is 0.286. The number of likely N-dealkylation sites (N-methyl/N-ethyl adjacent to an activating group) is 1. The third-order valence-electron chi connectivity index (χ3n) is 5.62. The number of halogens is 1. The fourth-order valence-corrected chi connectivity index (χ4v) is 4.75. The maximum absolute atomic E-state index is 13.5. The average Bonchev–Trinajstić information content (AvgIpc) is 2.89. The van der Waals surface area contributed by atoms with Gasteiger partial charge in [0.2, 0.25) is 11.8 Å². The van der Waals surface area contributed by atoms with Gasteiger partial charge in [0.15, 0.2) is 0 Å². The molecule has 184 valence electrons. The Kier molecular flexibility index (Phi) is 10.5. The molecule has 0 aliphatic heterocycles. The van der Waals surface area contributed by atoms with Gasteiger partial charge in [0.1, 0.15) is 11.8 Å². The van der Waals surface area contributed by atoms with Crippen LogP contribution in [0.1, 0.15) is 24.0 Å². The van der Waals surface area contributed by atoms with Crippen molar-refractivity contribution in [3.05, 3.63) is 95.0 Å². The Morgan fingerprint density at radius 1 is 1.00 bits per heavy atom. The third-order valence-corrected chi connectivity index (χ3v) is 6.97. The summed E-state index contributed by atoms with van der Waals surface area (Å²) in [5.41, 5.74) is 1.91. The predicted octanol–water partition coefficient (Wildman–Crippen LogP) is 5.61. The van der Waals surface area contributed by atoms with Gasteiger partial charge in [-0.15, -0.1) is 11.8 Å². The van der Waals surface area contributed by atoms with Crippen molar-refractivity contribution in [2.24, 2.45) is 0 Å². The number of hydrogen-bond acceptors (Lipinski definition) is 4. The number of carbonyl (C=O) groups is 2. The highest BCUT2D eigenvalue weighted by atomic mass is 35.5. The highest BCUT2D eigenvalue weighted by molar-refractivity contribution is 7.99. The van der Waals surface area contributed by atoms with Gasteiger partial charge < -0.3 is 15.0 Å². The van der Waals surface area contributed by atoms with Crippen LogP contribution in [0.25, 0.3) is 0 Å². The summed E-state index contributed by atoms with van der Waals surface area (Å²) in [6.07, 6.45) is 1.50. The molecule has 0 radical (unpaired) electrons. The lowest BCUT2D eigenvalue weighted by Crippen LogP contribution is -2.49. The smallest absolute Gasteiger partial charge is 0.242 e. The predicted molar refractivity (Wildman–Crippen MR) is 143 cm³/mol. The van der Waals surface area contributed by atoms with Gasteiger partial charge in [-0.05, 0) is 59.7 Å². The molecule has 1 atom stereocenters. The highest BCUT2D eigenvalue weighted by Crippen LogP contribution is 2.23. The molecular weight excluding hydrogens is 480 g/mol. The minimum atomic E-state index is -0.620. The number of benzene rings is 3. The zero-order chi connectivity index (χ0) is 25.0. The Balaban J connectivity index is 1.75. The summed E-state index contributed by atoms with van der Waals surface area (Å²) < 4.78 is 5.36. The van der Waals surface area contributed by atoms with Crippen molar-refractivity contribution in [2.45, 2.75) is 36.7 Å². The van der Waals surface area contributed by atoms with Crippen LogP contribution in [0.4, 0.5) is 0 Å². The van der Waals surface area contributed by atoms with Crippen LogP contribution in [-0.2, 0) is 22.6 Å². The van der Waals surface area contributed by atoms with Gasteiger partial charge >= 0.3 is 0 Å². The summed E-state index contributed by atoms with van der Waals surface area (Å²) in [7, 11) is 3.22. The van der Waals surface area contributed by atoms with E-state index >= 15 is 0 Å². The molecule has 1 N–H and O–H groups in total. The first-order valence-electron chi connectivity index (χ1n) is 11.6.